The zero-order valence-electron chi connectivity index (χ0n) is 12.0. The van der Waals surface area contributed by atoms with Crippen molar-refractivity contribution in [3.8, 4) is 5.69 Å². The molecule has 0 bridgehead atoms. The van der Waals surface area contributed by atoms with Crippen LogP contribution >= 0.6 is 0 Å². The summed E-state index contributed by atoms with van der Waals surface area (Å²) in [6.07, 6.45) is 3.65. The monoisotopic (exact) mass is 284 g/mol. The number of carbonyl (C=O) groups is 1. The van der Waals surface area contributed by atoms with Crippen molar-refractivity contribution in [1.82, 2.24) is 20.0 Å². The highest BCUT2D eigenvalue weighted by atomic mass is 16.2. The maximum Gasteiger partial charge on any atom is 0.228 e. The number of rotatable bonds is 2. The summed E-state index contributed by atoms with van der Waals surface area (Å²) >= 11 is 0. The van der Waals surface area contributed by atoms with Gasteiger partial charge in [-0.25, -0.2) is 9.67 Å². The van der Waals surface area contributed by atoms with Crippen molar-refractivity contribution in [3.05, 3.63) is 23.7 Å². The normalized spacial score (nSPS) is 16.4. The van der Waals surface area contributed by atoms with Crippen molar-refractivity contribution in [3.63, 3.8) is 0 Å². The van der Waals surface area contributed by atoms with Crippen LogP contribution in [0.5, 0.6) is 0 Å². The second-order valence-electron chi connectivity index (χ2n) is 5.68. The van der Waals surface area contributed by atoms with Gasteiger partial charge in [-0.1, -0.05) is 5.21 Å². The number of aryl methyl sites for hydroxylation is 1. The topological polar surface area (TPSA) is 75.9 Å². The van der Waals surface area contributed by atoms with Gasteiger partial charge in [-0.3, -0.25) is 4.79 Å². The molecule has 0 radical (unpaired) electrons. The SMILES string of the molecule is Cc1nnn2c1CN(C)c1c-2ccnc1NC(=O)C1CC1. The summed E-state index contributed by atoms with van der Waals surface area (Å²) in [5.74, 6) is 0.816. The average Bonchev–Trinajstić information content (AvgIpc) is 3.25. The van der Waals surface area contributed by atoms with Gasteiger partial charge >= 0.3 is 0 Å². The Morgan fingerprint density at radius 3 is 3.00 bits per heavy atom. The lowest BCUT2D eigenvalue weighted by molar-refractivity contribution is -0.117. The number of hydrogen-bond acceptors (Lipinski definition) is 5. The van der Waals surface area contributed by atoms with Gasteiger partial charge in [-0.15, -0.1) is 5.10 Å². The first-order chi connectivity index (χ1) is 10.1. The van der Waals surface area contributed by atoms with Crippen molar-refractivity contribution in [2.75, 3.05) is 17.3 Å². The van der Waals surface area contributed by atoms with Gasteiger partial charge in [0, 0.05) is 19.2 Å². The number of pyridine rings is 1. The van der Waals surface area contributed by atoms with Crippen LogP contribution in [0.15, 0.2) is 12.3 Å². The van der Waals surface area contributed by atoms with Crippen LogP contribution in [0.3, 0.4) is 0 Å². The van der Waals surface area contributed by atoms with Gasteiger partial charge in [0.15, 0.2) is 5.82 Å². The van der Waals surface area contributed by atoms with Gasteiger partial charge in [0.25, 0.3) is 0 Å². The summed E-state index contributed by atoms with van der Waals surface area (Å²) in [4.78, 5) is 18.4. The van der Waals surface area contributed by atoms with E-state index in [1.54, 1.807) is 6.20 Å². The number of anilines is 2. The van der Waals surface area contributed by atoms with Crippen molar-refractivity contribution in [1.29, 1.82) is 0 Å². The van der Waals surface area contributed by atoms with Crippen LogP contribution in [-0.4, -0.2) is 32.9 Å². The van der Waals surface area contributed by atoms with Gasteiger partial charge in [0.1, 0.15) is 5.69 Å². The van der Waals surface area contributed by atoms with Gasteiger partial charge < -0.3 is 10.2 Å². The number of carbonyl (C=O) groups excluding carboxylic acids is 1. The number of hydrogen-bond donors (Lipinski definition) is 1. The van der Waals surface area contributed by atoms with Gasteiger partial charge in [-0.2, -0.15) is 0 Å². The Balaban J connectivity index is 1.80. The highest BCUT2D eigenvalue weighted by Crippen LogP contribution is 2.37. The number of amides is 1. The van der Waals surface area contributed by atoms with E-state index in [0.717, 1.165) is 35.6 Å². The summed E-state index contributed by atoms with van der Waals surface area (Å²) in [7, 11) is 1.99. The minimum atomic E-state index is 0.0601. The second-order valence-corrected chi connectivity index (χ2v) is 5.68. The Morgan fingerprint density at radius 1 is 1.43 bits per heavy atom. The van der Waals surface area contributed by atoms with Crippen molar-refractivity contribution >= 4 is 17.4 Å². The van der Waals surface area contributed by atoms with Crippen LogP contribution in [-0.2, 0) is 11.3 Å². The van der Waals surface area contributed by atoms with Crippen molar-refractivity contribution < 1.29 is 4.79 Å². The Labute approximate surface area is 122 Å². The third-order valence-electron chi connectivity index (χ3n) is 4.05. The molecule has 1 aliphatic carbocycles. The Kier molecular flexibility index (Phi) is 2.51. The molecule has 7 nitrogen and oxygen atoms in total. The molecule has 1 N–H and O–H groups in total. The van der Waals surface area contributed by atoms with E-state index >= 15 is 0 Å². The lowest BCUT2D eigenvalue weighted by Gasteiger charge is -2.29. The van der Waals surface area contributed by atoms with Crippen LogP contribution < -0.4 is 10.2 Å². The standard InChI is InChI=1S/C14H16N6O/c1-8-11-7-19(2)12-10(20(11)18-17-8)5-6-15-13(12)16-14(21)9-3-4-9/h5-6,9H,3-4,7H2,1-2H3,(H,15,16,21). The first kappa shape index (κ1) is 12.3. The molecule has 0 unspecified atom stereocenters. The van der Waals surface area contributed by atoms with Gasteiger partial charge in [-0.05, 0) is 25.8 Å². The molecule has 4 rings (SSSR count). The van der Waals surface area contributed by atoms with E-state index in [9.17, 15) is 4.79 Å². The molecule has 1 aliphatic heterocycles. The van der Waals surface area contributed by atoms with E-state index in [-0.39, 0.29) is 11.8 Å². The van der Waals surface area contributed by atoms with E-state index in [1.165, 1.54) is 0 Å². The van der Waals surface area contributed by atoms with Crippen LogP contribution in [0.25, 0.3) is 5.69 Å². The molecule has 7 heteroatoms. The number of nitrogens with zero attached hydrogens (tertiary/aromatic N) is 5. The maximum atomic E-state index is 12.0. The molecule has 1 amide bonds. The maximum absolute atomic E-state index is 12.0. The lowest BCUT2D eigenvalue weighted by Crippen LogP contribution is -2.28. The first-order valence-corrected chi connectivity index (χ1v) is 7.07. The minimum Gasteiger partial charge on any atom is -0.364 e. The summed E-state index contributed by atoms with van der Waals surface area (Å²) in [6, 6.07) is 1.90. The molecule has 2 aromatic heterocycles. The lowest BCUT2D eigenvalue weighted by atomic mass is 10.2. The molecule has 1 fully saturated rings. The zero-order chi connectivity index (χ0) is 14.6. The van der Waals surface area contributed by atoms with E-state index in [4.69, 9.17) is 0 Å². The van der Waals surface area contributed by atoms with Crippen molar-refractivity contribution in [2.45, 2.75) is 26.3 Å². The number of fused-ring (bicyclic) bond motifs is 3. The number of aromatic nitrogens is 4. The molecule has 0 spiro atoms. The third-order valence-corrected chi connectivity index (χ3v) is 4.05. The fourth-order valence-corrected chi connectivity index (χ4v) is 2.70. The Bertz CT molecular complexity index is 733. The minimum absolute atomic E-state index is 0.0601. The molecule has 3 heterocycles. The molecular weight excluding hydrogens is 268 g/mol. The largest absolute Gasteiger partial charge is 0.364 e. The van der Waals surface area contributed by atoms with E-state index in [1.807, 2.05) is 24.7 Å². The molecule has 0 saturated heterocycles. The molecule has 108 valence electrons. The Hall–Kier alpha value is -2.44. The van der Waals surface area contributed by atoms with Gasteiger partial charge in [0.2, 0.25) is 5.91 Å². The second kappa shape index (κ2) is 4.28. The van der Waals surface area contributed by atoms with Crippen LogP contribution in [0.1, 0.15) is 24.2 Å². The van der Waals surface area contributed by atoms with Crippen LogP contribution in [0.2, 0.25) is 0 Å². The fourth-order valence-electron chi connectivity index (χ4n) is 2.70. The van der Waals surface area contributed by atoms with Crippen molar-refractivity contribution in [2.24, 2.45) is 5.92 Å². The summed E-state index contributed by atoms with van der Waals surface area (Å²) < 4.78 is 1.83. The van der Waals surface area contributed by atoms with E-state index < -0.39 is 0 Å². The smallest absolute Gasteiger partial charge is 0.228 e. The number of nitrogens with one attached hydrogen (secondary N) is 1. The molecule has 2 aromatic rings. The summed E-state index contributed by atoms with van der Waals surface area (Å²) in [6.45, 7) is 2.65. The van der Waals surface area contributed by atoms with Crippen LogP contribution in [0.4, 0.5) is 11.5 Å². The molecule has 21 heavy (non-hydrogen) atoms. The van der Waals surface area contributed by atoms with E-state index in [2.05, 4.69) is 25.5 Å². The molecular formula is C14H16N6O. The quantitative estimate of drug-likeness (QED) is 0.898. The van der Waals surface area contributed by atoms with Crippen LogP contribution in [0, 0.1) is 12.8 Å². The summed E-state index contributed by atoms with van der Waals surface area (Å²) in [5, 5.41) is 11.3. The summed E-state index contributed by atoms with van der Waals surface area (Å²) in [5.41, 5.74) is 3.79. The van der Waals surface area contributed by atoms with Gasteiger partial charge in [0.05, 0.1) is 23.6 Å². The molecule has 1 saturated carbocycles. The molecule has 2 aliphatic rings. The average molecular weight is 284 g/mol. The first-order valence-electron chi connectivity index (χ1n) is 7.07. The molecule has 0 atom stereocenters. The zero-order valence-corrected chi connectivity index (χ0v) is 12.0. The molecule has 0 aromatic carbocycles. The highest BCUT2D eigenvalue weighted by Gasteiger charge is 2.32. The Morgan fingerprint density at radius 2 is 2.24 bits per heavy atom. The highest BCUT2D eigenvalue weighted by molar-refractivity contribution is 5.97. The third kappa shape index (κ3) is 1.88. The fraction of sp³-hybridized carbons (Fsp3) is 0.429. The predicted octanol–water partition coefficient (Wildman–Crippen LogP) is 1.27. The predicted molar refractivity (Wildman–Crippen MR) is 77.4 cm³/mol. The van der Waals surface area contributed by atoms with E-state index in [0.29, 0.717) is 12.4 Å².